The zero-order valence-electron chi connectivity index (χ0n) is 14.7. The Morgan fingerprint density at radius 3 is 2.73 bits per heavy atom. The molecule has 0 aliphatic heterocycles. The molecule has 0 aliphatic rings. The van der Waals surface area contributed by atoms with E-state index in [9.17, 15) is 4.79 Å². The molecule has 0 bridgehead atoms. The van der Waals surface area contributed by atoms with Crippen LogP contribution in [-0.4, -0.2) is 26.5 Å². The predicted molar refractivity (Wildman–Crippen MR) is 101 cm³/mol. The molecule has 0 saturated carbocycles. The third-order valence-electron chi connectivity index (χ3n) is 3.96. The maximum absolute atomic E-state index is 12.3. The Balaban J connectivity index is 1.59. The molecule has 26 heavy (non-hydrogen) atoms. The van der Waals surface area contributed by atoms with Crippen LogP contribution < -0.4 is 11.2 Å². The molecule has 0 fully saturated rings. The summed E-state index contributed by atoms with van der Waals surface area (Å²) < 4.78 is 6.60. The number of nitrogens with one attached hydrogen (secondary N) is 1. The van der Waals surface area contributed by atoms with Crippen molar-refractivity contribution in [1.29, 1.82) is 0 Å². The molecule has 0 aliphatic carbocycles. The van der Waals surface area contributed by atoms with Crippen LogP contribution >= 0.6 is 11.8 Å². The van der Waals surface area contributed by atoms with E-state index in [2.05, 4.69) is 15.5 Å². The van der Waals surface area contributed by atoms with Gasteiger partial charge < -0.3 is 15.6 Å². The third-order valence-corrected chi connectivity index (χ3v) is 4.90. The number of nitrogen functional groups attached to an aromatic ring is 1. The number of aryl methyl sites for hydroxylation is 1. The van der Waals surface area contributed by atoms with Crippen LogP contribution in [0.2, 0.25) is 0 Å². The Labute approximate surface area is 156 Å². The van der Waals surface area contributed by atoms with Crippen molar-refractivity contribution >= 4 is 17.7 Å². The van der Waals surface area contributed by atoms with Gasteiger partial charge in [-0.1, -0.05) is 48.5 Å². The summed E-state index contributed by atoms with van der Waals surface area (Å²) in [6.07, 6.45) is 2.36. The lowest BCUT2D eigenvalue weighted by Gasteiger charge is -2.17. The average Bonchev–Trinajstić information content (AvgIpc) is 3.28. The Bertz CT molecular complexity index is 858. The van der Waals surface area contributed by atoms with E-state index >= 15 is 0 Å². The van der Waals surface area contributed by atoms with Crippen molar-refractivity contribution in [3.63, 3.8) is 0 Å². The Kier molecular flexibility index (Phi) is 5.62. The minimum atomic E-state index is -0.0787. The van der Waals surface area contributed by atoms with Crippen LogP contribution in [0.3, 0.4) is 0 Å². The Morgan fingerprint density at radius 1 is 1.31 bits per heavy atom. The van der Waals surface area contributed by atoms with E-state index in [1.165, 1.54) is 22.0 Å². The van der Waals surface area contributed by atoms with E-state index in [0.717, 1.165) is 12.0 Å². The average molecular weight is 371 g/mol. The van der Waals surface area contributed by atoms with E-state index in [0.29, 0.717) is 16.7 Å². The van der Waals surface area contributed by atoms with Crippen LogP contribution in [0, 0.1) is 6.92 Å². The second kappa shape index (κ2) is 8.09. The highest BCUT2D eigenvalue weighted by atomic mass is 32.2. The summed E-state index contributed by atoms with van der Waals surface area (Å²) in [7, 11) is 0. The van der Waals surface area contributed by atoms with Gasteiger partial charge in [-0.15, -0.1) is 10.2 Å². The van der Waals surface area contributed by atoms with Crippen LogP contribution in [0.5, 0.6) is 0 Å². The number of furan rings is 1. The molecule has 3 aromatic rings. The van der Waals surface area contributed by atoms with Crippen molar-refractivity contribution < 1.29 is 9.21 Å². The molecule has 3 rings (SSSR count). The summed E-state index contributed by atoms with van der Waals surface area (Å²) in [5, 5.41) is 11.5. The second-order valence-corrected chi connectivity index (χ2v) is 6.82. The SMILES string of the molecule is CC[C@H](NC(=O)CSc1nnc(-c2ccco2)n1N)c1ccc(C)cc1. The van der Waals surface area contributed by atoms with E-state index in [1.807, 2.05) is 38.1 Å². The number of rotatable bonds is 7. The fourth-order valence-corrected chi connectivity index (χ4v) is 3.20. The summed E-state index contributed by atoms with van der Waals surface area (Å²) >= 11 is 1.23. The number of amides is 1. The molecular formula is C18H21N5O2S. The Hall–Kier alpha value is -2.74. The lowest BCUT2D eigenvalue weighted by atomic mass is 10.0. The highest BCUT2D eigenvalue weighted by molar-refractivity contribution is 7.99. The highest BCUT2D eigenvalue weighted by Gasteiger charge is 2.17. The number of nitrogens with zero attached hydrogens (tertiary/aromatic N) is 3. The molecule has 1 aromatic carbocycles. The minimum Gasteiger partial charge on any atom is -0.461 e. The molecule has 0 saturated heterocycles. The van der Waals surface area contributed by atoms with Crippen molar-refractivity contribution in [2.24, 2.45) is 0 Å². The monoisotopic (exact) mass is 371 g/mol. The van der Waals surface area contributed by atoms with Crippen molar-refractivity contribution in [2.45, 2.75) is 31.5 Å². The normalized spacial score (nSPS) is 12.1. The standard InChI is InChI=1S/C18H21N5O2S/c1-3-14(13-8-6-12(2)7-9-13)20-16(24)11-26-18-22-21-17(23(18)19)15-5-4-10-25-15/h4-10,14H,3,11,19H2,1-2H3,(H,20,24)/t14-/m0/s1. The van der Waals surface area contributed by atoms with E-state index in [-0.39, 0.29) is 17.7 Å². The minimum absolute atomic E-state index is 0.0156. The maximum Gasteiger partial charge on any atom is 0.230 e. The van der Waals surface area contributed by atoms with Gasteiger partial charge in [0.05, 0.1) is 18.1 Å². The fraction of sp³-hybridized carbons (Fsp3) is 0.278. The number of hydrogen-bond acceptors (Lipinski definition) is 6. The van der Waals surface area contributed by atoms with Gasteiger partial charge in [0.2, 0.25) is 16.9 Å². The first kappa shape index (κ1) is 18.1. The van der Waals surface area contributed by atoms with Gasteiger partial charge in [0, 0.05) is 0 Å². The molecular weight excluding hydrogens is 350 g/mol. The van der Waals surface area contributed by atoms with E-state index < -0.39 is 0 Å². The number of carbonyl (C=O) groups excluding carboxylic acids is 1. The van der Waals surface area contributed by atoms with Crippen LogP contribution in [0.4, 0.5) is 0 Å². The first-order valence-corrected chi connectivity index (χ1v) is 9.30. The molecule has 2 aromatic heterocycles. The summed E-state index contributed by atoms with van der Waals surface area (Å²) in [6.45, 7) is 4.09. The smallest absolute Gasteiger partial charge is 0.230 e. The van der Waals surface area contributed by atoms with Crippen LogP contribution in [0.15, 0.2) is 52.2 Å². The fourth-order valence-electron chi connectivity index (χ4n) is 2.54. The van der Waals surface area contributed by atoms with Crippen molar-refractivity contribution in [2.75, 3.05) is 11.6 Å². The summed E-state index contributed by atoms with van der Waals surface area (Å²) in [6, 6.07) is 11.7. The number of thioether (sulfide) groups is 1. The first-order valence-electron chi connectivity index (χ1n) is 8.31. The van der Waals surface area contributed by atoms with Crippen LogP contribution in [0.1, 0.15) is 30.5 Å². The van der Waals surface area contributed by atoms with E-state index in [1.54, 1.807) is 18.4 Å². The van der Waals surface area contributed by atoms with Gasteiger partial charge >= 0.3 is 0 Å². The lowest BCUT2D eigenvalue weighted by molar-refractivity contribution is -0.119. The molecule has 1 amide bonds. The predicted octanol–water partition coefficient (Wildman–Crippen LogP) is 2.92. The number of nitrogens with two attached hydrogens (primary N) is 1. The summed E-state index contributed by atoms with van der Waals surface area (Å²) in [4.78, 5) is 12.3. The maximum atomic E-state index is 12.3. The molecule has 0 unspecified atom stereocenters. The molecule has 3 N–H and O–H groups in total. The number of aromatic nitrogens is 3. The number of carbonyl (C=O) groups is 1. The zero-order valence-corrected chi connectivity index (χ0v) is 15.5. The molecule has 0 radical (unpaired) electrons. The van der Waals surface area contributed by atoms with Gasteiger partial charge in [0.1, 0.15) is 0 Å². The third kappa shape index (κ3) is 4.08. The summed E-state index contributed by atoms with van der Waals surface area (Å²) in [5.74, 6) is 7.07. The van der Waals surface area contributed by atoms with Crippen molar-refractivity contribution in [3.05, 3.63) is 53.8 Å². The van der Waals surface area contributed by atoms with Gasteiger partial charge in [0.25, 0.3) is 0 Å². The molecule has 7 nitrogen and oxygen atoms in total. The molecule has 136 valence electrons. The topological polar surface area (TPSA) is 99.0 Å². The van der Waals surface area contributed by atoms with Crippen LogP contribution in [-0.2, 0) is 4.79 Å². The van der Waals surface area contributed by atoms with Gasteiger partial charge in [-0.2, -0.15) is 0 Å². The number of hydrogen-bond donors (Lipinski definition) is 2. The molecule has 1 atom stereocenters. The van der Waals surface area contributed by atoms with Gasteiger partial charge in [-0.25, -0.2) is 4.68 Å². The summed E-state index contributed by atoms with van der Waals surface area (Å²) in [5.41, 5.74) is 2.29. The number of benzene rings is 1. The molecule has 0 spiro atoms. The quantitative estimate of drug-likeness (QED) is 0.489. The second-order valence-electron chi connectivity index (χ2n) is 5.88. The molecule has 2 heterocycles. The Morgan fingerprint density at radius 2 is 2.08 bits per heavy atom. The highest BCUT2D eigenvalue weighted by Crippen LogP contribution is 2.22. The lowest BCUT2D eigenvalue weighted by Crippen LogP contribution is -2.29. The van der Waals surface area contributed by atoms with Gasteiger partial charge in [-0.3, -0.25) is 4.79 Å². The van der Waals surface area contributed by atoms with Crippen molar-refractivity contribution in [1.82, 2.24) is 20.2 Å². The zero-order chi connectivity index (χ0) is 18.5. The van der Waals surface area contributed by atoms with Crippen LogP contribution in [0.25, 0.3) is 11.6 Å². The largest absolute Gasteiger partial charge is 0.461 e. The van der Waals surface area contributed by atoms with Gasteiger partial charge in [0.15, 0.2) is 5.76 Å². The first-order chi connectivity index (χ1) is 12.6. The van der Waals surface area contributed by atoms with Crippen molar-refractivity contribution in [3.8, 4) is 11.6 Å². The van der Waals surface area contributed by atoms with Gasteiger partial charge in [-0.05, 0) is 31.0 Å². The molecule has 8 heteroatoms. The van der Waals surface area contributed by atoms with E-state index in [4.69, 9.17) is 10.3 Å².